The Hall–Kier alpha value is -0.520. The highest BCUT2D eigenvalue weighted by Gasteiger charge is 2.12. The molecule has 0 radical (unpaired) electrons. The monoisotopic (exact) mass is 113 g/mol. The molecule has 1 heterocycles. The smallest absolute Gasteiger partial charge is 0.168 e. The second-order valence-corrected chi connectivity index (χ2v) is 1.45. The van der Waals surface area contributed by atoms with Gasteiger partial charge in [0.15, 0.2) is 6.27 Å². The van der Waals surface area contributed by atoms with Gasteiger partial charge in [0.1, 0.15) is 0 Å². The summed E-state index contributed by atoms with van der Waals surface area (Å²) in [4.78, 5) is 0. The van der Waals surface area contributed by atoms with E-state index in [1.165, 1.54) is 0 Å². The lowest BCUT2D eigenvalue weighted by Gasteiger charge is -2.00. The standard InChI is InChI=1S/C6H8O2/c1-2-3-6-7-4-5-8-6/h1,6H,3-5H2/i6D. The zero-order valence-electron chi connectivity index (χ0n) is 5.52. The van der Waals surface area contributed by atoms with Gasteiger partial charge in [-0.1, -0.05) is 0 Å². The summed E-state index contributed by atoms with van der Waals surface area (Å²) in [6.45, 7) is 0.955. The minimum Gasteiger partial charge on any atom is -0.349 e. The second kappa shape index (κ2) is 2.71. The third-order valence-corrected chi connectivity index (χ3v) is 0.856. The highest BCUT2D eigenvalue weighted by Crippen LogP contribution is 2.05. The summed E-state index contributed by atoms with van der Waals surface area (Å²) in [5, 5.41) is 0. The molecule has 8 heavy (non-hydrogen) atoms. The van der Waals surface area contributed by atoms with Crippen LogP contribution in [0.25, 0.3) is 0 Å². The molecule has 0 aromatic carbocycles. The maximum Gasteiger partial charge on any atom is 0.168 e. The van der Waals surface area contributed by atoms with Gasteiger partial charge in [-0.2, -0.15) is 0 Å². The van der Waals surface area contributed by atoms with E-state index in [0.717, 1.165) is 0 Å². The van der Waals surface area contributed by atoms with Crippen LogP contribution < -0.4 is 0 Å². The van der Waals surface area contributed by atoms with E-state index in [2.05, 4.69) is 5.92 Å². The van der Waals surface area contributed by atoms with E-state index in [1.807, 2.05) is 0 Å². The average Bonchev–Trinajstić information content (AvgIpc) is 2.16. The van der Waals surface area contributed by atoms with Gasteiger partial charge in [-0.3, -0.25) is 0 Å². The van der Waals surface area contributed by atoms with Crippen LogP contribution in [0.4, 0.5) is 0 Å². The van der Waals surface area contributed by atoms with Gasteiger partial charge >= 0.3 is 0 Å². The molecule has 1 fully saturated rings. The van der Waals surface area contributed by atoms with Crippen molar-refractivity contribution in [1.82, 2.24) is 0 Å². The van der Waals surface area contributed by atoms with Crippen molar-refractivity contribution < 1.29 is 10.8 Å². The fraction of sp³-hybridized carbons (Fsp3) is 0.667. The van der Waals surface area contributed by atoms with Crippen molar-refractivity contribution in [3.63, 3.8) is 0 Å². The molecule has 0 unspecified atom stereocenters. The van der Waals surface area contributed by atoms with Gasteiger partial charge in [0, 0.05) is 0 Å². The highest BCUT2D eigenvalue weighted by molar-refractivity contribution is 4.85. The van der Waals surface area contributed by atoms with Crippen molar-refractivity contribution in [2.45, 2.75) is 12.7 Å². The first-order chi connectivity index (χ1) is 4.27. The average molecular weight is 113 g/mol. The molecule has 0 spiro atoms. The Balaban J connectivity index is 2.43. The van der Waals surface area contributed by atoms with E-state index in [1.54, 1.807) is 0 Å². The van der Waals surface area contributed by atoms with Crippen LogP contribution in [0.2, 0.25) is 0 Å². The zero-order valence-corrected chi connectivity index (χ0v) is 4.52. The predicted octanol–water partition coefficient (Wildman–Crippen LogP) is 0.383. The van der Waals surface area contributed by atoms with Crippen LogP contribution in [0.5, 0.6) is 0 Å². The molecule has 0 bridgehead atoms. The molecule has 0 N–H and O–H groups in total. The van der Waals surface area contributed by atoms with E-state index in [9.17, 15) is 0 Å². The van der Waals surface area contributed by atoms with Crippen molar-refractivity contribution in [2.75, 3.05) is 13.2 Å². The Morgan fingerprint density at radius 3 is 2.88 bits per heavy atom. The van der Waals surface area contributed by atoms with Crippen LogP contribution in [-0.2, 0) is 9.47 Å². The molecule has 0 amide bonds. The van der Waals surface area contributed by atoms with Crippen molar-refractivity contribution in [3.05, 3.63) is 0 Å². The summed E-state index contributed by atoms with van der Waals surface area (Å²) in [6.07, 6.45) is 3.92. The first-order valence-corrected chi connectivity index (χ1v) is 2.48. The molecule has 1 aliphatic rings. The van der Waals surface area contributed by atoms with Crippen LogP contribution in [0.1, 0.15) is 7.79 Å². The lowest BCUT2D eigenvalue weighted by atomic mass is 10.4. The molecule has 1 rings (SSSR count). The summed E-state index contributed by atoms with van der Waals surface area (Å²) >= 11 is 0. The Kier molecular flexibility index (Phi) is 1.48. The second-order valence-electron chi connectivity index (χ2n) is 1.45. The van der Waals surface area contributed by atoms with Gasteiger partial charge in [-0.25, -0.2) is 0 Å². The van der Waals surface area contributed by atoms with E-state index in [0.29, 0.717) is 13.2 Å². The summed E-state index contributed by atoms with van der Waals surface area (Å²) in [5.41, 5.74) is 0. The van der Waals surface area contributed by atoms with E-state index >= 15 is 0 Å². The van der Waals surface area contributed by atoms with Gasteiger partial charge in [0.2, 0.25) is 0 Å². The summed E-state index contributed by atoms with van der Waals surface area (Å²) in [7, 11) is 0. The van der Waals surface area contributed by atoms with Crippen LogP contribution in [0, 0.1) is 12.3 Å². The number of rotatable bonds is 1. The maximum absolute atomic E-state index is 7.29. The predicted molar refractivity (Wildman–Crippen MR) is 29.1 cm³/mol. The third kappa shape index (κ3) is 1.22. The van der Waals surface area contributed by atoms with Crippen molar-refractivity contribution >= 4 is 0 Å². The third-order valence-electron chi connectivity index (χ3n) is 0.856. The van der Waals surface area contributed by atoms with Crippen LogP contribution >= 0.6 is 0 Å². The lowest BCUT2D eigenvalue weighted by molar-refractivity contribution is -0.0364. The van der Waals surface area contributed by atoms with Gasteiger partial charge in [-0.05, 0) is 0 Å². The molecule has 0 aromatic heterocycles. The minimum absolute atomic E-state index is 0.201. The minimum atomic E-state index is -1.24. The van der Waals surface area contributed by atoms with E-state index < -0.39 is 6.27 Å². The van der Waals surface area contributed by atoms with Gasteiger partial charge in [-0.15, -0.1) is 12.3 Å². The molecule has 0 aromatic rings. The van der Waals surface area contributed by atoms with Gasteiger partial charge in [0.25, 0.3) is 0 Å². The summed E-state index contributed by atoms with van der Waals surface area (Å²) in [6, 6.07) is 0. The molecule has 0 saturated carbocycles. The fourth-order valence-electron chi connectivity index (χ4n) is 0.538. The van der Waals surface area contributed by atoms with Crippen LogP contribution in [-0.4, -0.2) is 19.5 Å². The van der Waals surface area contributed by atoms with Crippen LogP contribution in [0.15, 0.2) is 0 Å². The SMILES string of the molecule is [2H]C1(CC#C)OCCO1. The first-order valence-electron chi connectivity index (χ1n) is 2.98. The molecule has 0 atom stereocenters. The van der Waals surface area contributed by atoms with Crippen molar-refractivity contribution in [2.24, 2.45) is 0 Å². The van der Waals surface area contributed by atoms with Gasteiger partial charge < -0.3 is 9.47 Å². The largest absolute Gasteiger partial charge is 0.349 e. The first kappa shape index (κ1) is 4.37. The topological polar surface area (TPSA) is 18.5 Å². The van der Waals surface area contributed by atoms with Crippen LogP contribution in [0.3, 0.4) is 0 Å². The van der Waals surface area contributed by atoms with E-state index in [-0.39, 0.29) is 6.42 Å². The zero-order chi connectivity index (χ0) is 6.74. The molecule has 44 valence electrons. The Labute approximate surface area is 50.2 Å². The molecular weight excluding hydrogens is 104 g/mol. The Morgan fingerprint density at radius 2 is 2.38 bits per heavy atom. The van der Waals surface area contributed by atoms with E-state index in [4.69, 9.17) is 17.3 Å². The molecule has 2 nitrogen and oxygen atoms in total. The quantitative estimate of drug-likeness (QED) is 0.458. The molecule has 2 heteroatoms. The fourth-order valence-corrected chi connectivity index (χ4v) is 0.538. The Morgan fingerprint density at radius 1 is 1.75 bits per heavy atom. The highest BCUT2D eigenvalue weighted by atomic mass is 16.7. The number of terminal acetylenes is 1. The van der Waals surface area contributed by atoms with Gasteiger partial charge in [0.05, 0.1) is 21.0 Å². The molecule has 1 saturated heterocycles. The Bertz CT molecular complexity index is 132. The molecular formula is C6H8O2. The maximum atomic E-state index is 7.29. The molecule has 1 aliphatic heterocycles. The number of hydrogen-bond donors (Lipinski definition) is 0. The molecule has 0 aliphatic carbocycles. The number of ether oxygens (including phenoxy) is 2. The summed E-state index contributed by atoms with van der Waals surface area (Å²) in [5.74, 6) is 2.31. The van der Waals surface area contributed by atoms with Crippen molar-refractivity contribution in [3.8, 4) is 12.3 Å². The normalized spacial score (nSPS) is 26.6. The number of hydrogen-bond acceptors (Lipinski definition) is 2. The summed E-state index contributed by atoms with van der Waals surface area (Å²) < 4.78 is 17.1. The van der Waals surface area contributed by atoms with Crippen molar-refractivity contribution in [1.29, 1.82) is 0 Å². The lowest BCUT2D eigenvalue weighted by Crippen LogP contribution is -2.04.